The summed E-state index contributed by atoms with van der Waals surface area (Å²) in [6, 6.07) is 12.6. The Bertz CT molecular complexity index is 977. The summed E-state index contributed by atoms with van der Waals surface area (Å²) in [5.41, 5.74) is 3.66. The van der Waals surface area contributed by atoms with Crippen molar-refractivity contribution in [3.8, 4) is 0 Å². The van der Waals surface area contributed by atoms with Crippen molar-refractivity contribution in [1.82, 2.24) is 0 Å². The number of nitrogens with one attached hydrogen (secondary N) is 1. The van der Waals surface area contributed by atoms with E-state index in [0.717, 1.165) is 36.1 Å². The van der Waals surface area contributed by atoms with Gasteiger partial charge in [0.05, 0.1) is 17.5 Å². The molecule has 3 unspecified atom stereocenters. The molecule has 5 nitrogen and oxygen atoms in total. The molecule has 1 saturated heterocycles. The number of anilines is 2. The zero-order chi connectivity index (χ0) is 20.7. The van der Waals surface area contributed by atoms with Crippen LogP contribution in [0.5, 0.6) is 0 Å². The van der Waals surface area contributed by atoms with E-state index in [0.29, 0.717) is 17.2 Å². The third kappa shape index (κ3) is 3.46. The predicted octanol–water partition coefficient (Wildman–Crippen LogP) is 4.48. The number of carbonyl (C=O) groups excluding carboxylic acids is 3. The molecule has 150 valence electrons. The average Bonchev–Trinajstić information content (AvgIpc) is 2.94. The first kappa shape index (κ1) is 19.4. The van der Waals surface area contributed by atoms with E-state index in [-0.39, 0.29) is 29.6 Å². The number of rotatable bonds is 3. The molecule has 0 spiro atoms. The predicted molar refractivity (Wildman–Crippen MR) is 113 cm³/mol. The molecule has 2 fully saturated rings. The van der Waals surface area contributed by atoms with Crippen LogP contribution in [0.25, 0.3) is 0 Å². The third-order valence-electron chi connectivity index (χ3n) is 6.27. The fourth-order valence-electron chi connectivity index (χ4n) is 4.63. The van der Waals surface area contributed by atoms with Crippen molar-refractivity contribution in [2.45, 2.75) is 40.0 Å². The van der Waals surface area contributed by atoms with Crippen molar-refractivity contribution < 1.29 is 14.4 Å². The van der Waals surface area contributed by atoms with Gasteiger partial charge >= 0.3 is 0 Å². The molecule has 0 radical (unpaired) electrons. The van der Waals surface area contributed by atoms with Gasteiger partial charge < -0.3 is 5.32 Å². The van der Waals surface area contributed by atoms with Gasteiger partial charge in [0, 0.05) is 11.3 Å². The van der Waals surface area contributed by atoms with Crippen LogP contribution in [-0.4, -0.2) is 17.7 Å². The van der Waals surface area contributed by atoms with Crippen LogP contribution >= 0.6 is 0 Å². The summed E-state index contributed by atoms with van der Waals surface area (Å²) < 4.78 is 0. The Hall–Kier alpha value is -2.95. The molecule has 2 aliphatic rings. The van der Waals surface area contributed by atoms with E-state index in [1.807, 2.05) is 32.0 Å². The Morgan fingerprint density at radius 2 is 1.62 bits per heavy atom. The smallest absolute Gasteiger partial charge is 0.255 e. The van der Waals surface area contributed by atoms with Gasteiger partial charge in [0.1, 0.15) is 0 Å². The number of para-hydroxylation sites is 1. The highest BCUT2D eigenvalue weighted by atomic mass is 16.2. The molecule has 29 heavy (non-hydrogen) atoms. The van der Waals surface area contributed by atoms with Crippen molar-refractivity contribution in [2.75, 3.05) is 10.2 Å². The topological polar surface area (TPSA) is 66.5 Å². The summed E-state index contributed by atoms with van der Waals surface area (Å²) in [7, 11) is 0. The van der Waals surface area contributed by atoms with Gasteiger partial charge in [-0.15, -0.1) is 0 Å². The van der Waals surface area contributed by atoms with Crippen molar-refractivity contribution in [1.29, 1.82) is 0 Å². The second-order valence-corrected chi connectivity index (χ2v) is 8.41. The molecular formula is C24H26N2O3. The maximum atomic E-state index is 13.0. The number of fused-ring (bicyclic) bond motifs is 1. The Balaban J connectivity index is 1.60. The van der Waals surface area contributed by atoms with Gasteiger partial charge in [-0.3, -0.25) is 19.3 Å². The first-order valence-corrected chi connectivity index (χ1v) is 10.2. The monoisotopic (exact) mass is 390 g/mol. The van der Waals surface area contributed by atoms with Crippen molar-refractivity contribution in [3.05, 3.63) is 59.2 Å². The molecule has 3 atom stereocenters. The highest BCUT2D eigenvalue weighted by Crippen LogP contribution is 2.42. The number of hydrogen-bond acceptors (Lipinski definition) is 3. The second-order valence-electron chi connectivity index (χ2n) is 8.41. The van der Waals surface area contributed by atoms with Crippen LogP contribution in [0.1, 0.15) is 47.7 Å². The Labute approximate surface area is 171 Å². The first-order valence-electron chi connectivity index (χ1n) is 10.2. The lowest BCUT2D eigenvalue weighted by molar-refractivity contribution is -0.122. The van der Waals surface area contributed by atoms with E-state index in [1.165, 1.54) is 4.90 Å². The van der Waals surface area contributed by atoms with E-state index < -0.39 is 0 Å². The van der Waals surface area contributed by atoms with E-state index in [2.05, 4.69) is 12.2 Å². The van der Waals surface area contributed by atoms with Crippen LogP contribution in [-0.2, 0) is 9.59 Å². The van der Waals surface area contributed by atoms with E-state index in [1.54, 1.807) is 24.3 Å². The number of carbonyl (C=O) groups is 3. The van der Waals surface area contributed by atoms with Gasteiger partial charge in [0.2, 0.25) is 11.8 Å². The number of nitrogens with zero attached hydrogens (tertiary/aromatic N) is 1. The maximum Gasteiger partial charge on any atom is 0.255 e. The molecular weight excluding hydrogens is 364 g/mol. The Kier molecular flexibility index (Phi) is 4.99. The minimum atomic E-state index is -0.255. The molecule has 0 bridgehead atoms. The Morgan fingerprint density at radius 3 is 2.34 bits per heavy atom. The number of benzene rings is 2. The van der Waals surface area contributed by atoms with Crippen LogP contribution in [0.2, 0.25) is 0 Å². The largest absolute Gasteiger partial charge is 0.322 e. The SMILES string of the molecule is Cc1cccc(C)c1NC(=O)c1cccc(N2C(=O)C3CCC(C)CC3C2=O)c1. The number of aryl methyl sites for hydroxylation is 2. The lowest BCUT2D eigenvalue weighted by Gasteiger charge is -2.25. The van der Waals surface area contributed by atoms with Crippen LogP contribution in [0, 0.1) is 31.6 Å². The zero-order valence-corrected chi connectivity index (χ0v) is 17.1. The van der Waals surface area contributed by atoms with Crippen molar-refractivity contribution >= 4 is 29.1 Å². The van der Waals surface area contributed by atoms with Gasteiger partial charge in [-0.1, -0.05) is 31.2 Å². The van der Waals surface area contributed by atoms with Crippen molar-refractivity contribution in [3.63, 3.8) is 0 Å². The molecule has 2 aromatic carbocycles. The highest BCUT2D eigenvalue weighted by molar-refractivity contribution is 6.22. The highest BCUT2D eigenvalue weighted by Gasteiger charge is 2.50. The summed E-state index contributed by atoms with van der Waals surface area (Å²) >= 11 is 0. The van der Waals surface area contributed by atoms with Crippen LogP contribution in [0.4, 0.5) is 11.4 Å². The minimum Gasteiger partial charge on any atom is -0.322 e. The quantitative estimate of drug-likeness (QED) is 0.786. The van der Waals surface area contributed by atoms with Gasteiger partial charge in [-0.05, 0) is 68.4 Å². The fourth-order valence-corrected chi connectivity index (χ4v) is 4.63. The number of amides is 3. The minimum absolute atomic E-state index is 0.126. The normalized spacial score (nSPS) is 23.8. The molecule has 3 amide bonds. The lowest BCUT2D eigenvalue weighted by Crippen LogP contribution is -2.31. The summed E-state index contributed by atoms with van der Waals surface area (Å²) in [6.45, 7) is 6.03. The zero-order valence-electron chi connectivity index (χ0n) is 17.1. The Morgan fingerprint density at radius 1 is 0.966 bits per heavy atom. The fraction of sp³-hybridized carbons (Fsp3) is 0.375. The summed E-state index contributed by atoms with van der Waals surface area (Å²) in [4.78, 5) is 40.0. The second kappa shape index (κ2) is 7.47. The van der Waals surface area contributed by atoms with Crippen LogP contribution in [0.15, 0.2) is 42.5 Å². The van der Waals surface area contributed by atoms with Gasteiger partial charge in [0.25, 0.3) is 5.91 Å². The molecule has 5 heteroatoms. The molecule has 2 aromatic rings. The van der Waals surface area contributed by atoms with Crippen molar-refractivity contribution in [2.24, 2.45) is 17.8 Å². The maximum absolute atomic E-state index is 13.0. The summed E-state index contributed by atoms with van der Waals surface area (Å²) in [5, 5.41) is 2.96. The molecule has 1 N–H and O–H groups in total. The molecule has 4 rings (SSSR count). The molecule has 1 aliphatic heterocycles. The number of imide groups is 1. The van der Waals surface area contributed by atoms with E-state index in [9.17, 15) is 14.4 Å². The van der Waals surface area contributed by atoms with Gasteiger partial charge in [0.15, 0.2) is 0 Å². The van der Waals surface area contributed by atoms with E-state index >= 15 is 0 Å². The molecule has 1 aliphatic carbocycles. The lowest BCUT2D eigenvalue weighted by atomic mass is 9.76. The summed E-state index contributed by atoms with van der Waals surface area (Å²) in [5.74, 6) is -0.487. The molecule has 1 heterocycles. The summed E-state index contributed by atoms with van der Waals surface area (Å²) in [6.07, 6.45) is 2.50. The van der Waals surface area contributed by atoms with E-state index in [4.69, 9.17) is 0 Å². The average molecular weight is 390 g/mol. The first-order chi connectivity index (χ1) is 13.9. The molecule has 0 aromatic heterocycles. The van der Waals surface area contributed by atoms with Gasteiger partial charge in [-0.2, -0.15) is 0 Å². The number of hydrogen-bond donors (Lipinski definition) is 1. The van der Waals surface area contributed by atoms with Crippen LogP contribution in [0.3, 0.4) is 0 Å². The van der Waals surface area contributed by atoms with Gasteiger partial charge in [-0.25, -0.2) is 0 Å². The van der Waals surface area contributed by atoms with Crippen LogP contribution < -0.4 is 10.2 Å². The standard InChI is InChI=1S/C24H26N2O3/c1-14-10-11-19-20(12-14)24(29)26(23(19)28)18-9-5-8-17(13-18)22(27)25-21-15(2)6-4-7-16(21)3/h4-9,13-14,19-20H,10-12H2,1-3H3,(H,25,27). The molecule has 1 saturated carbocycles. The third-order valence-corrected chi connectivity index (χ3v) is 6.27.